The molecule has 3 heteroatoms. The van der Waals surface area contributed by atoms with Crippen LogP contribution in [-0.2, 0) is 6.42 Å². The predicted molar refractivity (Wildman–Crippen MR) is 50.8 cm³/mol. The number of nitrogens with zero attached hydrogens (tertiary/aromatic N) is 1. The van der Waals surface area contributed by atoms with Crippen molar-refractivity contribution in [2.24, 2.45) is 0 Å². The van der Waals surface area contributed by atoms with Gasteiger partial charge < -0.3 is 4.98 Å². The van der Waals surface area contributed by atoms with Crippen molar-refractivity contribution >= 4 is 0 Å². The Hall–Kier alpha value is -1.12. The topological polar surface area (TPSA) is 45.8 Å². The second-order valence-electron chi connectivity index (χ2n) is 3.60. The second-order valence-corrected chi connectivity index (χ2v) is 3.60. The summed E-state index contributed by atoms with van der Waals surface area (Å²) in [4.78, 5) is 18.4. The molecule has 0 saturated heterocycles. The van der Waals surface area contributed by atoms with E-state index in [0.29, 0.717) is 5.92 Å². The number of hydrogen-bond donors (Lipinski definition) is 1. The van der Waals surface area contributed by atoms with E-state index in [2.05, 4.69) is 9.97 Å². The average molecular weight is 178 g/mol. The first-order chi connectivity index (χ1) is 6.29. The molecule has 0 bridgehead atoms. The molecular weight excluding hydrogens is 164 g/mol. The summed E-state index contributed by atoms with van der Waals surface area (Å²) in [6, 6.07) is 1.64. The Kier molecular flexibility index (Phi) is 2.17. The molecule has 3 nitrogen and oxygen atoms in total. The van der Waals surface area contributed by atoms with Crippen LogP contribution in [0.5, 0.6) is 0 Å². The maximum atomic E-state index is 11.2. The fourth-order valence-corrected chi connectivity index (χ4v) is 1.61. The standard InChI is InChI=1S/C10H14N2O/c1-2-9-11-8(6-10(13)12-9)7-4-3-5-7/h6-7H,2-5H2,1H3,(H,11,12,13). The van der Waals surface area contributed by atoms with Crippen LogP contribution < -0.4 is 5.56 Å². The summed E-state index contributed by atoms with van der Waals surface area (Å²) in [5.74, 6) is 1.36. The lowest BCUT2D eigenvalue weighted by Gasteiger charge is -2.24. The molecule has 1 aliphatic rings. The fourth-order valence-electron chi connectivity index (χ4n) is 1.61. The molecule has 1 aromatic rings. The van der Waals surface area contributed by atoms with Crippen molar-refractivity contribution in [2.75, 3.05) is 0 Å². The van der Waals surface area contributed by atoms with Crippen molar-refractivity contribution < 1.29 is 0 Å². The molecule has 2 rings (SSSR count). The number of hydrogen-bond acceptors (Lipinski definition) is 2. The van der Waals surface area contributed by atoms with E-state index >= 15 is 0 Å². The van der Waals surface area contributed by atoms with Gasteiger partial charge in [-0.3, -0.25) is 4.79 Å². The van der Waals surface area contributed by atoms with Gasteiger partial charge in [0.25, 0.3) is 5.56 Å². The van der Waals surface area contributed by atoms with Crippen LogP contribution in [0.25, 0.3) is 0 Å². The highest BCUT2D eigenvalue weighted by atomic mass is 16.1. The SMILES string of the molecule is CCc1nc(C2CCC2)cc(=O)[nH]1. The molecule has 0 spiro atoms. The monoisotopic (exact) mass is 178 g/mol. The van der Waals surface area contributed by atoms with Gasteiger partial charge in [-0.05, 0) is 12.8 Å². The largest absolute Gasteiger partial charge is 0.311 e. The molecule has 1 aromatic heterocycles. The molecule has 0 amide bonds. The van der Waals surface area contributed by atoms with Crippen molar-refractivity contribution in [1.29, 1.82) is 0 Å². The Labute approximate surface area is 77.2 Å². The minimum atomic E-state index is -0.00579. The lowest BCUT2D eigenvalue weighted by molar-refractivity contribution is 0.409. The van der Waals surface area contributed by atoms with Crippen LogP contribution in [-0.4, -0.2) is 9.97 Å². The third-order valence-electron chi connectivity index (χ3n) is 2.67. The Balaban J connectivity index is 2.34. The third kappa shape index (κ3) is 1.64. The van der Waals surface area contributed by atoms with Gasteiger partial charge in [-0.2, -0.15) is 0 Å². The third-order valence-corrected chi connectivity index (χ3v) is 2.67. The molecule has 1 N–H and O–H groups in total. The van der Waals surface area contributed by atoms with Crippen LogP contribution in [0.4, 0.5) is 0 Å². The molecule has 1 aliphatic carbocycles. The summed E-state index contributed by atoms with van der Waals surface area (Å²) in [5.41, 5.74) is 0.987. The zero-order valence-corrected chi connectivity index (χ0v) is 7.84. The van der Waals surface area contributed by atoms with E-state index in [4.69, 9.17) is 0 Å². The smallest absolute Gasteiger partial charge is 0.251 e. The van der Waals surface area contributed by atoms with Gasteiger partial charge in [0.1, 0.15) is 5.82 Å². The van der Waals surface area contributed by atoms with Gasteiger partial charge in [0, 0.05) is 18.4 Å². The Morgan fingerprint density at radius 2 is 2.38 bits per heavy atom. The lowest BCUT2D eigenvalue weighted by Crippen LogP contribution is -2.18. The van der Waals surface area contributed by atoms with Crippen molar-refractivity contribution in [3.8, 4) is 0 Å². The first-order valence-electron chi connectivity index (χ1n) is 4.89. The van der Waals surface area contributed by atoms with Gasteiger partial charge >= 0.3 is 0 Å². The molecule has 13 heavy (non-hydrogen) atoms. The van der Waals surface area contributed by atoms with Crippen LogP contribution in [0.1, 0.15) is 43.6 Å². The lowest BCUT2D eigenvalue weighted by atomic mass is 9.83. The Morgan fingerprint density at radius 3 is 2.92 bits per heavy atom. The van der Waals surface area contributed by atoms with Crippen LogP contribution in [0.15, 0.2) is 10.9 Å². The van der Waals surface area contributed by atoms with Gasteiger partial charge in [-0.15, -0.1) is 0 Å². The van der Waals surface area contributed by atoms with E-state index in [-0.39, 0.29) is 5.56 Å². The molecule has 0 radical (unpaired) electrons. The molecule has 1 saturated carbocycles. The maximum absolute atomic E-state index is 11.2. The molecule has 1 heterocycles. The Bertz CT molecular complexity index is 352. The van der Waals surface area contributed by atoms with E-state index in [1.807, 2.05) is 6.92 Å². The summed E-state index contributed by atoms with van der Waals surface area (Å²) in [7, 11) is 0. The number of nitrogens with one attached hydrogen (secondary N) is 1. The van der Waals surface area contributed by atoms with Crippen LogP contribution >= 0.6 is 0 Å². The number of aryl methyl sites for hydroxylation is 1. The van der Waals surface area contributed by atoms with Crippen LogP contribution in [0, 0.1) is 0 Å². The normalized spacial score (nSPS) is 17.0. The zero-order chi connectivity index (χ0) is 9.26. The molecule has 1 fully saturated rings. The zero-order valence-electron chi connectivity index (χ0n) is 7.84. The summed E-state index contributed by atoms with van der Waals surface area (Å²) < 4.78 is 0. The highest BCUT2D eigenvalue weighted by Gasteiger charge is 2.21. The van der Waals surface area contributed by atoms with E-state index in [1.54, 1.807) is 6.07 Å². The molecule has 70 valence electrons. The van der Waals surface area contributed by atoms with E-state index in [1.165, 1.54) is 19.3 Å². The molecule has 0 unspecified atom stereocenters. The van der Waals surface area contributed by atoms with Gasteiger partial charge in [0.2, 0.25) is 0 Å². The fraction of sp³-hybridized carbons (Fsp3) is 0.600. The minimum absolute atomic E-state index is 0.00579. The van der Waals surface area contributed by atoms with Gasteiger partial charge in [-0.25, -0.2) is 4.98 Å². The Morgan fingerprint density at radius 1 is 1.62 bits per heavy atom. The van der Waals surface area contributed by atoms with Crippen molar-refractivity contribution in [2.45, 2.75) is 38.5 Å². The molecule has 0 aromatic carbocycles. The first kappa shape index (κ1) is 8.48. The minimum Gasteiger partial charge on any atom is -0.311 e. The van der Waals surface area contributed by atoms with Crippen molar-refractivity contribution in [3.63, 3.8) is 0 Å². The van der Waals surface area contributed by atoms with Crippen LogP contribution in [0.3, 0.4) is 0 Å². The van der Waals surface area contributed by atoms with Gasteiger partial charge in [0.05, 0.1) is 5.69 Å². The summed E-state index contributed by atoms with van der Waals surface area (Å²) in [5, 5.41) is 0. The number of aromatic nitrogens is 2. The van der Waals surface area contributed by atoms with Crippen molar-refractivity contribution in [3.05, 3.63) is 27.9 Å². The molecule has 0 aliphatic heterocycles. The van der Waals surface area contributed by atoms with Gasteiger partial charge in [-0.1, -0.05) is 13.3 Å². The van der Waals surface area contributed by atoms with Crippen molar-refractivity contribution in [1.82, 2.24) is 9.97 Å². The number of rotatable bonds is 2. The van der Waals surface area contributed by atoms with Crippen LogP contribution in [0.2, 0.25) is 0 Å². The predicted octanol–water partition coefficient (Wildman–Crippen LogP) is 1.60. The first-order valence-corrected chi connectivity index (χ1v) is 4.89. The summed E-state index contributed by atoms with van der Waals surface area (Å²) >= 11 is 0. The maximum Gasteiger partial charge on any atom is 0.251 e. The van der Waals surface area contributed by atoms with E-state index in [9.17, 15) is 4.79 Å². The molecular formula is C10H14N2O. The summed E-state index contributed by atoms with van der Waals surface area (Å²) in [6.07, 6.45) is 4.47. The van der Waals surface area contributed by atoms with E-state index in [0.717, 1.165) is 17.9 Å². The highest BCUT2D eigenvalue weighted by Crippen LogP contribution is 2.34. The second kappa shape index (κ2) is 3.32. The van der Waals surface area contributed by atoms with E-state index < -0.39 is 0 Å². The number of H-pyrrole nitrogens is 1. The highest BCUT2D eigenvalue weighted by molar-refractivity contribution is 5.11. The molecule has 0 atom stereocenters. The number of aromatic amines is 1. The quantitative estimate of drug-likeness (QED) is 0.747. The summed E-state index contributed by atoms with van der Waals surface area (Å²) in [6.45, 7) is 2.00. The average Bonchev–Trinajstić information content (AvgIpc) is 2.00. The van der Waals surface area contributed by atoms with Gasteiger partial charge in [0.15, 0.2) is 0 Å².